The number of hydrogen-bond acceptors (Lipinski definition) is 5. The highest BCUT2D eigenvalue weighted by atomic mass is 16.4. The van der Waals surface area contributed by atoms with E-state index < -0.39 is 5.41 Å². The lowest BCUT2D eigenvalue weighted by molar-refractivity contribution is 0.477. The maximum Gasteiger partial charge on any atom is 0.148 e. The van der Waals surface area contributed by atoms with Gasteiger partial charge in [0.1, 0.15) is 28.1 Å². The fourth-order valence-electron chi connectivity index (χ4n) is 8.99. The van der Waals surface area contributed by atoms with Crippen LogP contribution in [0.4, 0.5) is 0 Å². The van der Waals surface area contributed by atoms with Crippen molar-refractivity contribution in [3.63, 3.8) is 0 Å². The molecule has 0 atom stereocenters. The largest absolute Gasteiger partial charge is 0.507 e. The van der Waals surface area contributed by atoms with E-state index in [1.54, 1.807) is 6.07 Å². The Balaban J connectivity index is 1.26. The molecule has 0 unspecified atom stereocenters. The number of para-hydroxylation sites is 1. The number of benzene rings is 5. The molecule has 9 rings (SSSR count). The van der Waals surface area contributed by atoms with Gasteiger partial charge in [-0.3, -0.25) is 9.97 Å². The van der Waals surface area contributed by atoms with Crippen LogP contribution in [0.1, 0.15) is 129 Å². The Labute approximate surface area is 366 Å². The molecular weight excluding hydrogens is 761 g/mol. The van der Waals surface area contributed by atoms with Crippen LogP contribution in [0.5, 0.6) is 5.75 Å². The second-order valence-corrected chi connectivity index (χ2v) is 20.5. The standard InChI is InChI=1S/C57H58N2O3/c1-32(2)41-26-35(34-20-22-37(23-21-34)55(5,6)7)27-42(33(3)4)51(41)36-28-43(39-16-13-14-17-45(39)60)58-49(29-36)57(11,12)50-31-38(56(8,9)10)30-44(59-50)40-24-25-48-53-52-46(61-48)18-15-19-47(52)62-54(40)53/h13-33,60H,1-12H3. The van der Waals surface area contributed by atoms with Gasteiger partial charge in [0.2, 0.25) is 0 Å². The van der Waals surface area contributed by atoms with Crippen LogP contribution in [0, 0.1) is 0 Å². The number of rotatable bonds is 8. The maximum absolute atomic E-state index is 11.3. The Morgan fingerprint density at radius 1 is 0.484 bits per heavy atom. The lowest BCUT2D eigenvalue weighted by Crippen LogP contribution is -2.24. The maximum atomic E-state index is 11.3. The third kappa shape index (κ3) is 7.06. The van der Waals surface area contributed by atoms with E-state index >= 15 is 0 Å². The van der Waals surface area contributed by atoms with Crippen molar-refractivity contribution in [3.05, 3.63) is 149 Å². The van der Waals surface area contributed by atoms with Crippen LogP contribution in [0.3, 0.4) is 0 Å². The molecule has 1 N–H and O–H groups in total. The topological polar surface area (TPSA) is 72.3 Å². The molecule has 5 aromatic carbocycles. The fourth-order valence-corrected chi connectivity index (χ4v) is 8.99. The van der Waals surface area contributed by atoms with Crippen molar-refractivity contribution in [2.24, 2.45) is 0 Å². The number of nitrogens with zero attached hydrogens (tertiary/aromatic N) is 2. The predicted octanol–water partition coefficient (Wildman–Crippen LogP) is 16.1. The lowest BCUT2D eigenvalue weighted by Gasteiger charge is -2.29. The Kier molecular flexibility index (Phi) is 9.77. The summed E-state index contributed by atoms with van der Waals surface area (Å²) in [5.41, 5.74) is 17.2. The van der Waals surface area contributed by atoms with Crippen molar-refractivity contribution in [1.29, 1.82) is 0 Å². The average molecular weight is 819 g/mol. The smallest absolute Gasteiger partial charge is 0.148 e. The molecule has 0 bridgehead atoms. The van der Waals surface area contributed by atoms with Gasteiger partial charge in [-0.1, -0.05) is 124 Å². The van der Waals surface area contributed by atoms with Gasteiger partial charge in [-0.15, -0.1) is 0 Å². The first-order valence-electron chi connectivity index (χ1n) is 22.1. The lowest BCUT2D eigenvalue weighted by atomic mass is 9.78. The van der Waals surface area contributed by atoms with Crippen LogP contribution in [-0.2, 0) is 16.2 Å². The SMILES string of the molecule is CC(C)c1cc(-c2ccc(C(C)(C)C)cc2)cc(C(C)C)c1-c1cc(-c2ccccc2O)nc(C(C)(C)c2cc(C(C)(C)C)cc(-c3ccc4oc5cccc6oc3c4c56)n2)c1. The van der Waals surface area contributed by atoms with Gasteiger partial charge < -0.3 is 13.9 Å². The summed E-state index contributed by atoms with van der Waals surface area (Å²) in [5.74, 6) is 0.670. The number of hydrogen-bond donors (Lipinski definition) is 1. The van der Waals surface area contributed by atoms with Crippen LogP contribution in [-0.4, -0.2) is 15.1 Å². The van der Waals surface area contributed by atoms with Crippen LogP contribution < -0.4 is 0 Å². The summed E-state index contributed by atoms with van der Waals surface area (Å²) in [6, 6.07) is 40.4. The van der Waals surface area contributed by atoms with Crippen molar-refractivity contribution >= 4 is 33.1 Å². The van der Waals surface area contributed by atoms with Crippen molar-refractivity contribution in [1.82, 2.24) is 9.97 Å². The van der Waals surface area contributed by atoms with Crippen LogP contribution >= 0.6 is 0 Å². The third-order valence-electron chi connectivity index (χ3n) is 12.9. The van der Waals surface area contributed by atoms with Gasteiger partial charge in [-0.05, 0) is 142 Å². The molecule has 0 saturated carbocycles. The number of pyridine rings is 2. The molecule has 0 fully saturated rings. The molecule has 5 nitrogen and oxygen atoms in total. The molecular formula is C57H58N2O3. The van der Waals surface area contributed by atoms with Gasteiger partial charge in [0, 0.05) is 16.5 Å². The van der Waals surface area contributed by atoms with Crippen molar-refractivity contribution < 1.29 is 13.9 Å². The predicted molar refractivity (Wildman–Crippen MR) is 258 cm³/mol. The Bertz CT molecular complexity index is 3100. The summed E-state index contributed by atoms with van der Waals surface area (Å²) in [6.45, 7) is 27.1. The highest BCUT2D eigenvalue weighted by Crippen LogP contribution is 2.46. The minimum Gasteiger partial charge on any atom is -0.507 e. The molecule has 9 aromatic rings. The first-order valence-corrected chi connectivity index (χ1v) is 22.1. The average Bonchev–Trinajstić information content (AvgIpc) is 3.83. The third-order valence-corrected chi connectivity index (χ3v) is 12.9. The van der Waals surface area contributed by atoms with Crippen molar-refractivity contribution in [3.8, 4) is 50.5 Å². The summed E-state index contributed by atoms with van der Waals surface area (Å²) in [4.78, 5) is 11.0. The molecule has 0 amide bonds. The van der Waals surface area contributed by atoms with Gasteiger partial charge in [-0.25, -0.2) is 0 Å². The van der Waals surface area contributed by atoms with Crippen LogP contribution in [0.2, 0.25) is 0 Å². The van der Waals surface area contributed by atoms with E-state index in [1.807, 2.05) is 42.5 Å². The minimum absolute atomic E-state index is 0.0798. The zero-order valence-electron chi connectivity index (χ0n) is 38.3. The molecule has 0 radical (unpaired) electrons. The summed E-state index contributed by atoms with van der Waals surface area (Å²) >= 11 is 0. The molecule has 4 heterocycles. The molecule has 314 valence electrons. The normalized spacial score (nSPS) is 12.9. The molecule has 0 saturated heterocycles. The monoisotopic (exact) mass is 818 g/mol. The zero-order chi connectivity index (χ0) is 44.0. The van der Waals surface area contributed by atoms with E-state index in [1.165, 1.54) is 33.4 Å². The minimum atomic E-state index is -0.674. The van der Waals surface area contributed by atoms with Gasteiger partial charge in [0.15, 0.2) is 0 Å². The van der Waals surface area contributed by atoms with Gasteiger partial charge in [0.05, 0.1) is 33.5 Å². The Hall–Kier alpha value is -6.20. The summed E-state index contributed by atoms with van der Waals surface area (Å²) < 4.78 is 12.8. The number of furan rings is 2. The van der Waals surface area contributed by atoms with Gasteiger partial charge in [-0.2, -0.15) is 0 Å². The van der Waals surface area contributed by atoms with E-state index in [0.29, 0.717) is 5.56 Å². The molecule has 62 heavy (non-hydrogen) atoms. The van der Waals surface area contributed by atoms with Crippen molar-refractivity contribution in [2.75, 3.05) is 0 Å². The first kappa shape index (κ1) is 41.2. The van der Waals surface area contributed by atoms with Crippen LogP contribution in [0.15, 0.2) is 124 Å². The quantitative estimate of drug-likeness (QED) is 0.165. The number of phenols is 1. The summed E-state index contributed by atoms with van der Waals surface area (Å²) in [6.07, 6.45) is 0. The van der Waals surface area contributed by atoms with Crippen molar-refractivity contribution in [2.45, 2.75) is 111 Å². The Morgan fingerprint density at radius 2 is 1.06 bits per heavy atom. The number of aromatic nitrogens is 2. The molecule has 0 aliphatic heterocycles. The van der Waals surface area contributed by atoms with E-state index in [4.69, 9.17) is 18.8 Å². The molecule has 0 aliphatic rings. The molecule has 0 spiro atoms. The highest BCUT2D eigenvalue weighted by Gasteiger charge is 2.32. The zero-order valence-corrected chi connectivity index (χ0v) is 38.3. The van der Waals surface area contributed by atoms with E-state index in [2.05, 4.69) is 150 Å². The highest BCUT2D eigenvalue weighted by molar-refractivity contribution is 6.22. The number of aromatic hydroxyl groups is 1. The molecule has 0 aliphatic carbocycles. The molecule has 4 aromatic heterocycles. The van der Waals surface area contributed by atoms with Crippen LogP contribution in [0.25, 0.3) is 77.9 Å². The fraction of sp³-hybridized carbons (Fsp3) is 0.298. The summed E-state index contributed by atoms with van der Waals surface area (Å²) in [7, 11) is 0. The summed E-state index contributed by atoms with van der Waals surface area (Å²) in [5, 5.41) is 13.3. The van der Waals surface area contributed by atoms with E-state index in [9.17, 15) is 5.11 Å². The molecule has 5 heteroatoms. The van der Waals surface area contributed by atoms with E-state index in [0.717, 1.165) is 72.6 Å². The Morgan fingerprint density at radius 3 is 1.68 bits per heavy atom. The van der Waals surface area contributed by atoms with Gasteiger partial charge in [0.25, 0.3) is 0 Å². The first-order chi connectivity index (χ1) is 29.3. The number of phenolic OH excluding ortho intramolecular Hbond substituents is 1. The van der Waals surface area contributed by atoms with Gasteiger partial charge >= 0.3 is 0 Å². The second-order valence-electron chi connectivity index (χ2n) is 20.5. The second kappa shape index (κ2) is 14.7. The van der Waals surface area contributed by atoms with E-state index in [-0.39, 0.29) is 28.4 Å².